The number of carbonyl (C=O) groups excluding carboxylic acids is 1. The van der Waals surface area contributed by atoms with Crippen molar-refractivity contribution < 1.29 is 9.53 Å². The van der Waals surface area contributed by atoms with Gasteiger partial charge in [0.1, 0.15) is 0 Å². The summed E-state index contributed by atoms with van der Waals surface area (Å²) in [5, 5.41) is 0. The Bertz CT molecular complexity index is 743. The second-order valence-electron chi connectivity index (χ2n) is 4.16. The van der Waals surface area contributed by atoms with E-state index in [9.17, 15) is 14.4 Å². The molecule has 7 heteroatoms. The van der Waals surface area contributed by atoms with Crippen molar-refractivity contribution in [3.8, 4) is 0 Å². The summed E-state index contributed by atoms with van der Waals surface area (Å²) in [7, 11) is 2.84. The lowest BCUT2D eigenvalue weighted by Crippen LogP contribution is -2.38. The molecule has 0 fully saturated rings. The number of methoxy groups -OCH3 is 1. The van der Waals surface area contributed by atoms with Crippen molar-refractivity contribution in [3.05, 3.63) is 62.7 Å². The Kier molecular flexibility index (Phi) is 3.79. The largest absolute Gasteiger partial charge is 0.465 e. The van der Waals surface area contributed by atoms with Crippen LogP contribution >= 0.6 is 0 Å². The number of hydrogen-bond donors (Lipinski definition) is 0. The summed E-state index contributed by atoms with van der Waals surface area (Å²) in [6.07, 6.45) is 2.76. The van der Waals surface area contributed by atoms with E-state index in [1.54, 1.807) is 13.1 Å². The standard InChI is InChI=1S/C13H13N3O4/c1-15-6-5-11(17)16(13(15)19)8-10-4-3-9(7-14-10)12(18)20-2/h3-7H,8H2,1-2H3. The van der Waals surface area contributed by atoms with Gasteiger partial charge in [-0.25, -0.2) is 9.59 Å². The molecular formula is C13H13N3O4. The summed E-state index contributed by atoms with van der Waals surface area (Å²) < 4.78 is 6.94. The van der Waals surface area contributed by atoms with Crippen LogP contribution in [0.2, 0.25) is 0 Å². The van der Waals surface area contributed by atoms with Crippen molar-refractivity contribution in [1.29, 1.82) is 0 Å². The lowest BCUT2D eigenvalue weighted by atomic mass is 10.2. The number of rotatable bonds is 3. The van der Waals surface area contributed by atoms with Gasteiger partial charge < -0.3 is 9.30 Å². The summed E-state index contributed by atoms with van der Waals surface area (Å²) in [6, 6.07) is 4.42. The number of pyridine rings is 1. The molecule has 0 aliphatic rings. The predicted octanol–water partition coefficient (Wildman–Crippen LogP) is -0.223. The maximum absolute atomic E-state index is 11.8. The predicted molar refractivity (Wildman–Crippen MR) is 70.6 cm³/mol. The molecule has 0 aromatic carbocycles. The first-order valence-electron chi connectivity index (χ1n) is 5.82. The van der Waals surface area contributed by atoms with Crippen molar-refractivity contribution in [2.45, 2.75) is 6.54 Å². The Morgan fingerprint density at radius 3 is 2.65 bits per heavy atom. The van der Waals surface area contributed by atoms with Gasteiger partial charge in [0.15, 0.2) is 0 Å². The summed E-state index contributed by atoms with van der Waals surface area (Å²) in [5.41, 5.74) is -0.00379. The third-order valence-corrected chi connectivity index (χ3v) is 2.81. The van der Waals surface area contributed by atoms with E-state index in [0.29, 0.717) is 11.3 Å². The third kappa shape index (κ3) is 2.66. The number of esters is 1. The van der Waals surface area contributed by atoms with E-state index in [2.05, 4.69) is 9.72 Å². The molecule has 2 aromatic rings. The van der Waals surface area contributed by atoms with E-state index in [4.69, 9.17) is 0 Å². The van der Waals surface area contributed by atoms with Crippen LogP contribution in [-0.2, 0) is 18.3 Å². The number of aromatic nitrogens is 3. The zero-order chi connectivity index (χ0) is 14.7. The smallest absolute Gasteiger partial charge is 0.339 e. The van der Waals surface area contributed by atoms with Gasteiger partial charge in [0.25, 0.3) is 5.56 Å². The molecule has 0 spiro atoms. The average molecular weight is 275 g/mol. The van der Waals surface area contributed by atoms with E-state index in [-0.39, 0.29) is 6.54 Å². The van der Waals surface area contributed by atoms with Crippen LogP contribution in [0.15, 0.2) is 40.2 Å². The van der Waals surface area contributed by atoms with Gasteiger partial charge in [-0.1, -0.05) is 0 Å². The van der Waals surface area contributed by atoms with Crippen LogP contribution in [0.25, 0.3) is 0 Å². The highest BCUT2D eigenvalue weighted by Crippen LogP contribution is 2.02. The van der Waals surface area contributed by atoms with Gasteiger partial charge in [-0.3, -0.25) is 14.3 Å². The molecule has 0 bridgehead atoms. The van der Waals surface area contributed by atoms with E-state index >= 15 is 0 Å². The number of nitrogens with zero attached hydrogens (tertiary/aromatic N) is 3. The van der Waals surface area contributed by atoms with Crippen LogP contribution in [0.1, 0.15) is 16.1 Å². The molecule has 0 radical (unpaired) electrons. The van der Waals surface area contributed by atoms with Crippen molar-refractivity contribution in [2.24, 2.45) is 7.05 Å². The van der Waals surface area contributed by atoms with Gasteiger partial charge in [0.05, 0.1) is 24.9 Å². The van der Waals surface area contributed by atoms with Gasteiger partial charge in [-0.15, -0.1) is 0 Å². The van der Waals surface area contributed by atoms with Crippen LogP contribution in [-0.4, -0.2) is 27.2 Å². The minimum Gasteiger partial charge on any atom is -0.465 e. The van der Waals surface area contributed by atoms with E-state index in [0.717, 1.165) is 4.57 Å². The second-order valence-corrected chi connectivity index (χ2v) is 4.16. The first kappa shape index (κ1) is 13.7. The summed E-state index contributed by atoms with van der Waals surface area (Å²) in [5.74, 6) is -0.489. The molecule has 0 N–H and O–H groups in total. The molecule has 0 saturated carbocycles. The second kappa shape index (κ2) is 5.52. The first-order valence-corrected chi connectivity index (χ1v) is 5.82. The SMILES string of the molecule is COC(=O)c1ccc(Cn2c(=O)ccn(C)c2=O)nc1. The molecule has 0 atom stereocenters. The zero-order valence-corrected chi connectivity index (χ0v) is 11.1. The Labute approximate surface area is 114 Å². The van der Waals surface area contributed by atoms with Gasteiger partial charge in [-0.05, 0) is 12.1 Å². The highest BCUT2D eigenvalue weighted by molar-refractivity contribution is 5.88. The van der Waals surface area contributed by atoms with Crippen LogP contribution in [0, 0.1) is 0 Å². The van der Waals surface area contributed by atoms with E-state index in [1.165, 1.54) is 36.2 Å². The van der Waals surface area contributed by atoms with Gasteiger partial charge >= 0.3 is 11.7 Å². The van der Waals surface area contributed by atoms with Gasteiger partial charge in [0.2, 0.25) is 0 Å². The first-order chi connectivity index (χ1) is 9.52. The lowest BCUT2D eigenvalue weighted by molar-refractivity contribution is 0.0600. The minimum absolute atomic E-state index is 0.0494. The normalized spacial score (nSPS) is 10.3. The van der Waals surface area contributed by atoms with Crippen LogP contribution in [0.3, 0.4) is 0 Å². The molecule has 7 nitrogen and oxygen atoms in total. The van der Waals surface area contributed by atoms with Crippen molar-refractivity contribution in [1.82, 2.24) is 14.1 Å². The highest BCUT2D eigenvalue weighted by atomic mass is 16.5. The Hall–Kier alpha value is -2.70. The monoisotopic (exact) mass is 275 g/mol. The molecule has 0 unspecified atom stereocenters. The summed E-state index contributed by atoms with van der Waals surface area (Å²) >= 11 is 0. The fourth-order valence-electron chi connectivity index (χ4n) is 1.68. The van der Waals surface area contributed by atoms with Crippen LogP contribution in [0.5, 0.6) is 0 Å². The Morgan fingerprint density at radius 2 is 2.05 bits per heavy atom. The molecule has 0 aliphatic carbocycles. The van der Waals surface area contributed by atoms with Crippen molar-refractivity contribution >= 4 is 5.97 Å². The van der Waals surface area contributed by atoms with Crippen LogP contribution in [0.4, 0.5) is 0 Å². The molecule has 0 saturated heterocycles. The molecule has 20 heavy (non-hydrogen) atoms. The number of carbonyl (C=O) groups is 1. The summed E-state index contributed by atoms with van der Waals surface area (Å²) in [6.45, 7) is 0.0494. The minimum atomic E-state index is -0.489. The topological polar surface area (TPSA) is 83.2 Å². The van der Waals surface area contributed by atoms with Gasteiger partial charge in [0, 0.05) is 25.5 Å². The zero-order valence-electron chi connectivity index (χ0n) is 11.1. The molecule has 2 aromatic heterocycles. The van der Waals surface area contributed by atoms with Crippen molar-refractivity contribution in [2.75, 3.05) is 7.11 Å². The molecule has 0 amide bonds. The Morgan fingerprint density at radius 1 is 1.30 bits per heavy atom. The number of aryl methyl sites for hydroxylation is 1. The number of ether oxygens (including phenoxy) is 1. The van der Waals surface area contributed by atoms with E-state index in [1.807, 2.05) is 0 Å². The maximum atomic E-state index is 11.8. The van der Waals surface area contributed by atoms with E-state index < -0.39 is 17.2 Å². The Balaban J connectivity index is 2.32. The van der Waals surface area contributed by atoms with Crippen LogP contribution < -0.4 is 11.2 Å². The highest BCUT2D eigenvalue weighted by Gasteiger charge is 2.08. The number of hydrogen-bond acceptors (Lipinski definition) is 5. The lowest BCUT2D eigenvalue weighted by Gasteiger charge is -2.06. The fraction of sp³-hybridized carbons (Fsp3) is 0.231. The molecule has 2 heterocycles. The molecule has 104 valence electrons. The van der Waals surface area contributed by atoms with Gasteiger partial charge in [-0.2, -0.15) is 0 Å². The summed E-state index contributed by atoms with van der Waals surface area (Å²) in [4.78, 5) is 38.8. The van der Waals surface area contributed by atoms with Crippen molar-refractivity contribution in [3.63, 3.8) is 0 Å². The quantitative estimate of drug-likeness (QED) is 0.723. The fourth-order valence-corrected chi connectivity index (χ4v) is 1.68. The maximum Gasteiger partial charge on any atom is 0.339 e. The third-order valence-electron chi connectivity index (χ3n) is 2.81. The molecular weight excluding hydrogens is 262 g/mol. The average Bonchev–Trinajstić information content (AvgIpc) is 2.47. The molecule has 2 rings (SSSR count). The molecule has 0 aliphatic heterocycles.